The van der Waals surface area contributed by atoms with Crippen molar-refractivity contribution in [2.24, 2.45) is 11.3 Å². The van der Waals surface area contributed by atoms with Crippen LogP contribution in [0.2, 0.25) is 0 Å². The summed E-state index contributed by atoms with van der Waals surface area (Å²) in [6.07, 6.45) is 1.07. The molecule has 0 spiro atoms. The summed E-state index contributed by atoms with van der Waals surface area (Å²) < 4.78 is 0. The second-order valence-corrected chi connectivity index (χ2v) is 8.90. The van der Waals surface area contributed by atoms with E-state index >= 15 is 0 Å². The van der Waals surface area contributed by atoms with Gasteiger partial charge in [-0.25, -0.2) is 0 Å². The third kappa shape index (κ3) is 3.86. The zero-order chi connectivity index (χ0) is 15.8. The Morgan fingerprint density at radius 3 is 2.48 bits per heavy atom. The fourth-order valence-corrected chi connectivity index (χ4v) is 3.60. The molecule has 2 unspecified atom stereocenters. The van der Waals surface area contributed by atoms with Crippen LogP contribution in [0.25, 0.3) is 0 Å². The van der Waals surface area contributed by atoms with E-state index in [0.717, 1.165) is 13.0 Å². The van der Waals surface area contributed by atoms with Gasteiger partial charge < -0.3 is 4.90 Å². The molecule has 1 aromatic rings. The highest BCUT2D eigenvalue weighted by atomic mass is 32.1. The highest BCUT2D eigenvalue weighted by Gasteiger charge is 2.41. The number of hydrogen-bond donors (Lipinski definition) is 1. The zero-order valence-electron chi connectivity index (χ0n) is 14.1. The molecule has 118 valence electrons. The fraction of sp³-hybridized carbons (Fsp3) is 0.706. The van der Waals surface area contributed by atoms with Gasteiger partial charge in [0.2, 0.25) is 5.91 Å². The molecule has 2 atom stereocenters. The minimum atomic E-state index is -0.0580. The van der Waals surface area contributed by atoms with Crippen LogP contribution in [0, 0.1) is 18.3 Å². The molecule has 3 nitrogen and oxygen atoms in total. The molecular weight excluding hydrogens is 280 g/mol. The molecule has 0 radical (unpaired) electrons. The summed E-state index contributed by atoms with van der Waals surface area (Å²) in [6.45, 7) is 13.8. The van der Waals surface area contributed by atoms with E-state index in [4.69, 9.17) is 0 Å². The van der Waals surface area contributed by atoms with Gasteiger partial charge >= 0.3 is 0 Å². The Hall–Kier alpha value is -0.870. The summed E-state index contributed by atoms with van der Waals surface area (Å²) in [6, 6.07) is 4.23. The van der Waals surface area contributed by atoms with Crippen LogP contribution in [0.15, 0.2) is 12.1 Å². The van der Waals surface area contributed by atoms with Gasteiger partial charge in [0.1, 0.15) is 6.17 Å². The summed E-state index contributed by atoms with van der Waals surface area (Å²) in [4.78, 5) is 17.3. The van der Waals surface area contributed by atoms with Gasteiger partial charge in [-0.1, -0.05) is 34.6 Å². The van der Waals surface area contributed by atoms with E-state index in [0.29, 0.717) is 5.92 Å². The monoisotopic (exact) mass is 308 g/mol. The summed E-state index contributed by atoms with van der Waals surface area (Å²) in [5, 5.41) is 3.54. The molecule has 0 aromatic carbocycles. The molecule has 1 aliphatic rings. The molecule has 1 fully saturated rings. The van der Waals surface area contributed by atoms with Crippen LogP contribution in [-0.4, -0.2) is 23.4 Å². The lowest BCUT2D eigenvalue weighted by Crippen LogP contribution is -2.35. The van der Waals surface area contributed by atoms with E-state index in [1.807, 2.05) is 4.90 Å². The van der Waals surface area contributed by atoms with Crippen LogP contribution in [0.5, 0.6) is 0 Å². The van der Waals surface area contributed by atoms with Crippen molar-refractivity contribution in [3.05, 3.63) is 21.9 Å². The first-order valence-electron chi connectivity index (χ1n) is 7.82. The number of hydrogen-bond acceptors (Lipinski definition) is 3. The lowest BCUT2D eigenvalue weighted by Gasteiger charge is -2.27. The van der Waals surface area contributed by atoms with Gasteiger partial charge in [-0.15, -0.1) is 11.3 Å². The van der Waals surface area contributed by atoms with E-state index in [1.54, 1.807) is 11.3 Å². The van der Waals surface area contributed by atoms with Crippen molar-refractivity contribution in [3.8, 4) is 0 Å². The fourth-order valence-electron chi connectivity index (χ4n) is 2.65. The predicted molar refractivity (Wildman–Crippen MR) is 89.3 cm³/mol. The Kier molecular flexibility index (Phi) is 4.79. The van der Waals surface area contributed by atoms with Gasteiger partial charge in [0.25, 0.3) is 0 Å². The van der Waals surface area contributed by atoms with E-state index in [2.05, 4.69) is 59.0 Å². The number of carbonyl (C=O) groups excluding carboxylic acids is 1. The number of nitrogens with one attached hydrogen (secondary N) is 1. The lowest BCUT2D eigenvalue weighted by atomic mass is 9.92. The summed E-state index contributed by atoms with van der Waals surface area (Å²) >= 11 is 1.78. The maximum atomic E-state index is 12.7. The van der Waals surface area contributed by atoms with E-state index in [-0.39, 0.29) is 23.5 Å². The Labute approximate surface area is 132 Å². The number of nitrogens with zero attached hydrogens (tertiary/aromatic N) is 1. The molecule has 4 heteroatoms. The minimum Gasteiger partial charge on any atom is -0.321 e. The normalized spacial score (nSPS) is 23.4. The summed E-state index contributed by atoms with van der Waals surface area (Å²) in [5.74, 6) is 0.575. The largest absolute Gasteiger partial charge is 0.321 e. The van der Waals surface area contributed by atoms with E-state index in [9.17, 15) is 4.79 Å². The predicted octanol–water partition coefficient (Wildman–Crippen LogP) is 3.95. The molecule has 1 amide bonds. The van der Waals surface area contributed by atoms with Crippen LogP contribution in [-0.2, 0) is 4.79 Å². The SMILES string of the molecule is Cc1ccc(C2NC(C(C)C)C(=O)N2CCC(C)(C)C)s1. The van der Waals surface area contributed by atoms with Crippen molar-refractivity contribution < 1.29 is 4.79 Å². The minimum absolute atomic E-state index is 0.0472. The summed E-state index contributed by atoms with van der Waals surface area (Å²) in [7, 11) is 0. The van der Waals surface area contributed by atoms with Crippen molar-refractivity contribution >= 4 is 17.2 Å². The first kappa shape index (κ1) is 16.5. The molecular formula is C17H28N2OS. The average molecular weight is 308 g/mol. The zero-order valence-corrected chi connectivity index (χ0v) is 14.9. The Morgan fingerprint density at radius 2 is 2.00 bits per heavy atom. The highest BCUT2D eigenvalue weighted by Crippen LogP contribution is 2.33. The molecule has 2 rings (SSSR count). The first-order valence-corrected chi connectivity index (χ1v) is 8.63. The second kappa shape index (κ2) is 6.09. The highest BCUT2D eigenvalue weighted by molar-refractivity contribution is 7.12. The van der Waals surface area contributed by atoms with Crippen LogP contribution in [0.1, 0.15) is 57.0 Å². The topological polar surface area (TPSA) is 32.3 Å². The maximum Gasteiger partial charge on any atom is 0.241 e. The van der Waals surface area contributed by atoms with Gasteiger partial charge in [-0.05, 0) is 36.8 Å². The molecule has 0 bridgehead atoms. The van der Waals surface area contributed by atoms with Gasteiger partial charge in [0.15, 0.2) is 0 Å². The summed E-state index contributed by atoms with van der Waals surface area (Å²) in [5.41, 5.74) is 0.242. The van der Waals surface area contributed by atoms with Crippen molar-refractivity contribution in [2.45, 2.75) is 60.2 Å². The van der Waals surface area contributed by atoms with Crippen LogP contribution < -0.4 is 5.32 Å². The smallest absolute Gasteiger partial charge is 0.241 e. The van der Waals surface area contributed by atoms with Crippen molar-refractivity contribution in [1.29, 1.82) is 0 Å². The van der Waals surface area contributed by atoms with Crippen LogP contribution in [0.3, 0.4) is 0 Å². The van der Waals surface area contributed by atoms with Crippen LogP contribution in [0.4, 0.5) is 0 Å². The third-order valence-corrected chi connectivity index (χ3v) is 5.05. The van der Waals surface area contributed by atoms with Crippen LogP contribution >= 0.6 is 11.3 Å². The molecule has 1 aliphatic heterocycles. The Balaban J connectivity index is 2.21. The second-order valence-electron chi connectivity index (χ2n) is 7.58. The van der Waals surface area contributed by atoms with Gasteiger partial charge in [-0.3, -0.25) is 10.1 Å². The molecule has 0 saturated carbocycles. The van der Waals surface area contributed by atoms with Gasteiger partial charge in [-0.2, -0.15) is 0 Å². The van der Waals surface area contributed by atoms with Crippen molar-refractivity contribution in [2.75, 3.05) is 6.54 Å². The molecule has 21 heavy (non-hydrogen) atoms. The quantitative estimate of drug-likeness (QED) is 0.913. The maximum absolute atomic E-state index is 12.7. The molecule has 1 aromatic heterocycles. The van der Waals surface area contributed by atoms with Crippen molar-refractivity contribution in [3.63, 3.8) is 0 Å². The molecule has 2 heterocycles. The number of amides is 1. The number of rotatable bonds is 4. The Morgan fingerprint density at radius 1 is 1.33 bits per heavy atom. The van der Waals surface area contributed by atoms with E-state index < -0.39 is 0 Å². The van der Waals surface area contributed by atoms with Crippen molar-refractivity contribution in [1.82, 2.24) is 10.2 Å². The number of aryl methyl sites for hydroxylation is 1. The lowest BCUT2D eigenvalue weighted by molar-refractivity contribution is -0.131. The van der Waals surface area contributed by atoms with E-state index in [1.165, 1.54) is 9.75 Å². The first-order chi connectivity index (χ1) is 9.69. The molecule has 0 aliphatic carbocycles. The number of thiophene rings is 1. The van der Waals surface area contributed by atoms with Gasteiger partial charge in [0, 0.05) is 16.3 Å². The molecule has 1 N–H and O–H groups in total. The van der Waals surface area contributed by atoms with Gasteiger partial charge in [0.05, 0.1) is 6.04 Å². The number of carbonyl (C=O) groups is 1. The average Bonchev–Trinajstić information content (AvgIpc) is 2.90. The third-order valence-electron chi connectivity index (χ3n) is 4.00. The standard InChI is InChI=1S/C17H28N2OS/c1-11(2)14-16(20)19(10-9-17(4,5)6)15(18-14)13-8-7-12(3)21-13/h7-8,11,14-15,18H,9-10H2,1-6H3. The molecule has 1 saturated heterocycles. The Bertz CT molecular complexity index is 501.